The first kappa shape index (κ1) is 21.0. The molecule has 150 valence electrons. The van der Waals surface area contributed by atoms with Crippen LogP contribution in [0.1, 0.15) is 34.0 Å². The molecule has 0 fully saturated rings. The number of ketones is 1. The summed E-state index contributed by atoms with van der Waals surface area (Å²) < 4.78 is 30.0. The summed E-state index contributed by atoms with van der Waals surface area (Å²) in [6.45, 7) is 7.40. The van der Waals surface area contributed by atoms with Gasteiger partial charge in [0.15, 0.2) is 5.78 Å². The molecule has 0 N–H and O–H groups in total. The molecule has 3 aromatic carbocycles. The van der Waals surface area contributed by atoms with Crippen molar-refractivity contribution in [3.63, 3.8) is 0 Å². The van der Waals surface area contributed by atoms with Crippen LogP contribution in [0.25, 0.3) is 11.1 Å². The number of benzene rings is 3. The van der Waals surface area contributed by atoms with Crippen LogP contribution in [-0.4, -0.2) is 20.3 Å². The molecular formula is C24H24O4S. The molecule has 0 heterocycles. The Hall–Kier alpha value is -2.76. The van der Waals surface area contributed by atoms with E-state index in [-0.39, 0.29) is 10.7 Å². The number of Topliss-reactive ketones (excluding diaryl/α,β-unsaturated/α-hetero) is 1. The van der Waals surface area contributed by atoms with Gasteiger partial charge in [0.2, 0.25) is 0 Å². The Bertz CT molecular complexity index is 1110. The standard InChI is InChI=1S/C24H24O4S/c1-16-5-11-23(12-6-16)29(26,27)28-19(4)24(25)21-9-7-20(8-10-21)22-14-17(2)13-18(3)15-22/h5-15,19H,1-4H3/t19-/m1/s1. The van der Waals surface area contributed by atoms with Crippen LogP contribution >= 0.6 is 0 Å². The molecule has 0 aliphatic rings. The SMILES string of the molecule is Cc1ccc(S(=O)(=O)O[C@H](C)C(=O)c2ccc(-c3cc(C)cc(C)c3)cc2)cc1. The Morgan fingerprint density at radius 1 is 0.759 bits per heavy atom. The highest BCUT2D eigenvalue weighted by Gasteiger charge is 2.24. The molecule has 0 saturated heterocycles. The molecule has 0 spiro atoms. The molecule has 0 aliphatic carbocycles. The largest absolute Gasteiger partial charge is 0.297 e. The van der Waals surface area contributed by atoms with Crippen LogP contribution in [0.5, 0.6) is 0 Å². The normalized spacial score (nSPS) is 12.6. The number of aryl methyl sites for hydroxylation is 3. The average Bonchev–Trinajstić information content (AvgIpc) is 2.67. The topological polar surface area (TPSA) is 60.4 Å². The zero-order chi connectivity index (χ0) is 21.2. The Balaban J connectivity index is 1.76. The van der Waals surface area contributed by atoms with E-state index in [1.165, 1.54) is 30.2 Å². The number of rotatable bonds is 6. The summed E-state index contributed by atoms with van der Waals surface area (Å²) in [7, 11) is -4.01. The van der Waals surface area contributed by atoms with E-state index in [4.69, 9.17) is 4.18 Å². The quantitative estimate of drug-likeness (QED) is 0.413. The van der Waals surface area contributed by atoms with E-state index in [1.807, 2.05) is 32.9 Å². The first-order valence-corrected chi connectivity index (χ1v) is 10.8. The maximum Gasteiger partial charge on any atom is 0.297 e. The van der Waals surface area contributed by atoms with Gasteiger partial charge in [-0.15, -0.1) is 0 Å². The first-order valence-electron chi connectivity index (χ1n) is 9.38. The van der Waals surface area contributed by atoms with Crippen LogP contribution in [0, 0.1) is 20.8 Å². The van der Waals surface area contributed by atoms with Crippen LogP contribution in [0.15, 0.2) is 71.6 Å². The van der Waals surface area contributed by atoms with Crippen molar-refractivity contribution >= 4 is 15.9 Å². The molecule has 29 heavy (non-hydrogen) atoms. The van der Waals surface area contributed by atoms with Crippen LogP contribution < -0.4 is 0 Å². The fourth-order valence-electron chi connectivity index (χ4n) is 3.20. The van der Waals surface area contributed by atoms with Gasteiger partial charge in [-0.05, 0) is 51.0 Å². The molecule has 3 rings (SSSR count). The highest BCUT2D eigenvalue weighted by molar-refractivity contribution is 7.86. The Labute approximate surface area is 172 Å². The van der Waals surface area contributed by atoms with Crippen LogP contribution in [0.2, 0.25) is 0 Å². The molecule has 0 saturated carbocycles. The van der Waals surface area contributed by atoms with Gasteiger partial charge in [0.25, 0.3) is 10.1 Å². The molecule has 0 aromatic heterocycles. The Kier molecular flexibility index (Phi) is 6.01. The summed E-state index contributed by atoms with van der Waals surface area (Å²) in [6.07, 6.45) is -1.12. The van der Waals surface area contributed by atoms with Crippen LogP contribution in [0.4, 0.5) is 0 Å². The van der Waals surface area contributed by atoms with E-state index in [0.717, 1.165) is 16.7 Å². The number of carbonyl (C=O) groups is 1. The lowest BCUT2D eigenvalue weighted by Gasteiger charge is -2.13. The molecule has 4 nitrogen and oxygen atoms in total. The van der Waals surface area contributed by atoms with Crippen molar-refractivity contribution in [2.75, 3.05) is 0 Å². The molecule has 0 bridgehead atoms. The van der Waals surface area contributed by atoms with Gasteiger partial charge in [0.1, 0.15) is 6.10 Å². The van der Waals surface area contributed by atoms with Crippen molar-refractivity contribution in [1.29, 1.82) is 0 Å². The Morgan fingerprint density at radius 3 is 1.86 bits per heavy atom. The van der Waals surface area contributed by atoms with E-state index in [2.05, 4.69) is 18.2 Å². The molecule has 1 atom stereocenters. The fourth-order valence-corrected chi connectivity index (χ4v) is 4.25. The van der Waals surface area contributed by atoms with E-state index >= 15 is 0 Å². The van der Waals surface area contributed by atoms with Crippen LogP contribution in [-0.2, 0) is 14.3 Å². The van der Waals surface area contributed by atoms with E-state index in [1.54, 1.807) is 24.3 Å². The predicted molar refractivity (Wildman–Crippen MR) is 115 cm³/mol. The zero-order valence-electron chi connectivity index (χ0n) is 17.0. The second kappa shape index (κ2) is 8.31. The Morgan fingerprint density at radius 2 is 1.31 bits per heavy atom. The lowest BCUT2D eigenvalue weighted by Crippen LogP contribution is -2.24. The minimum atomic E-state index is -4.01. The van der Waals surface area contributed by atoms with Gasteiger partial charge >= 0.3 is 0 Å². The van der Waals surface area contributed by atoms with Crippen LogP contribution in [0.3, 0.4) is 0 Å². The molecule has 0 aliphatic heterocycles. The van der Waals surface area contributed by atoms with Crippen molar-refractivity contribution in [3.8, 4) is 11.1 Å². The first-order chi connectivity index (χ1) is 13.7. The van der Waals surface area contributed by atoms with Crippen molar-refractivity contribution in [3.05, 3.63) is 89.0 Å². The molecule has 0 amide bonds. The van der Waals surface area contributed by atoms with E-state index in [0.29, 0.717) is 5.56 Å². The van der Waals surface area contributed by atoms with Gasteiger partial charge in [0.05, 0.1) is 4.90 Å². The maximum absolute atomic E-state index is 12.7. The third-order valence-electron chi connectivity index (χ3n) is 4.67. The van der Waals surface area contributed by atoms with Gasteiger partial charge in [-0.2, -0.15) is 8.42 Å². The predicted octanol–water partition coefficient (Wildman–Crippen LogP) is 5.26. The van der Waals surface area contributed by atoms with Crippen molar-refractivity contribution in [1.82, 2.24) is 0 Å². The number of hydrogen-bond donors (Lipinski definition) is 0. The lowest BCUT2D eigenvalue weighted by atomic mass is 9.98. The van der Waals surface area contributed by atoms with Crippen molar-refractivity contribution in [2.45, 2.75) is 38.7 Å². The minimum absolute atomic E-state index is 0.0351. The van der Waals surface area contributed by atoms with Crippen molar-refractivity contribution < 1.29 is 17.4 Å². The summed E-state index contributed by atoms with van der Waals surface area (Å²) in [5, 5.41) is 0. The monoisotopic (exact) mass is 408 g/mol. The summed E-state index contributed by atoms with van der Waals surface area (Å²) in [4.78, 5) is 12.7. The maximum atomic E-state index is 12.7. The van der Waals surface area contributed by atoms with E-state index in [9.17, 15) is 13.2 Å². The third-order valence-corrected chi connectivity index (χ3v) is 6.07. The average molecular weight is 409 g/mol. The van der Waals surface area contributed by atoms with Gasteiger partial charge in [-0.25, -0.2) is 0 Å². The van der Waals surface area contributed by atoms with Gasteiger partial charge < -0.3 is 0 Å². The summed E-state index contributed by atoms with van der Waals surface area (Å²) in [5.74, 6) is -0.382. The minimum Gasteiger partial charge on any atom is -0.291 e. The second-order valence-corrected chi connectivity index (χ2v) is 8.90. The molecule has 0 radical (unpaired) electrons. The van der Waals surface area contributed by atoms with Gasteiger partial charge in [-0.1, -0.05) is 71.3 Å². The third kappa shape index (κ3) is 5.00. The summed E-state index contributed by atoms with van der Waals surface area (Å²) in [5.41, 5.74) is 5.76. The van der Waals surface area contributed by atoms with Crippen molar-refractivity contribution in [2.24, 2.45) is 0 Å². The molecular weight excluding hydrogens is 384 g/mol. The highest BCUT2D eigenvalue weighted by Crippen LogP contribution is 2.24. The second-order valence-electron chi connectivity index (χ2n) is 7.32. The number of hydrogen-bond acceptors (Lipinski definition) is 4. The fraction of sp³-hybridized carbons (Fsp3) is 0.208. The van der Waals surface area contributed by atoms with Gasteiger partial charge in [-0.3, -0.25) is 8.98 Å². The smallest absolute Gasteiger partial charge is 0.291 e. The number of carbonyl (C=O) groups excluding carboxylic acids is 1. The zero-order valence-corrected chi connectivity index (χ0v) is 17.8. The summed E-state index contributed by atoms with van der Waals surface area (Å²) in [6, 6.07) is 19.7. The van der Waals surface area contributed by atoms with E-state index < -0.39 is 16.2 Å². The molecule has 3 aromatic rings. The lowest BCUT2D eigenvalue weighted by molar-refractivity contribution is 0.0826. The molecule has 5 heteroatoms. The molecule has 0 unspecified atom stereocenters. The highest BCUT2D eigenvalue weighted by atomic mass is 32.2. The summed E-state index contributed by atoms with van der Waals surface area (Å²) >= 11 is 0. The van der Waals surface area contributed by atoms with Gasteiger partial charge in [0, 0.05) is 5.56 Å².